The molecule has 0 spiro atoms. The lowest BCUT2D eigenvalue weighted by Crippen LogP contribution is -2.22. The van der Waals surface area contributed by atoms with Crippen LogP contribution in [0.2, 0.25) is 0 Å². The number of nitrogens with zero attached hydrogens (tertiary/aromatic N) is 1. The summed E-state index contributed by atoms with van der Waals surface area (Å²) in [7, 11) is 0. The highest BCUT2D eigenvalue weighted by Gasteiger charge is 2.15. The van der Waals surface area contributed by atoms with Crippen molar-refractivity contribution in [2.45, 2.75) is 32.5 Å². The molecular formula is C16H20N2O. The molecule has 0 unspecified atom stereocenters. The number of hydrogen-bond donors (Lipinski definition) is 1. The highest BCUT2D eigenvalue weighted by Crippen LogP contribution is 2.20. The molecule has 2 N–H and O–H groups in total. The standard InChI is InChI=1S/C16H20N2O/c17-9-13-8-16(19-12-13)11-18-7-3-6-14-4-1-2-5-15(14)10-18/h1-2,4-5,8,12H,3,6-7,9-11,17H2. The first-order valence-electron chi connectivity index (χ1n) is 6.90. The molecular weight excluding hydrogens is 236 g/mol. The number of aryl methyl sites for hydroxylation is 1. The number of nitrogens with two attached hydrogens (primary N) is 1. The van der Waals surface area contributed by atoms with Crippen LogP contribution in [-0.2, 0) is 26.1 Å². The maximum Gasteiger partial charge on any atom is 0.118 e. The lowest BCUT2D eigenvalue weighted by molar-refractivity contribution is 0.239. The molecule has 2 heterocycles. The second kappa shape index (κ2) is 5.59. The largest absolute Gasteiger partial charge is 0.468 e. The van der Waals surface area contributed by atoms with Gasteiger partial charge in [0.05, 0.1) is 12.8 Å². The van der Waals surface area contributed by atoms with E-state index in [0.29, 0.717) is 6.54 Å². The van der Waals surface area contributed by atoms with E-state index in [4.69, 9.17) is 10.2 Å². The third-order valence-corrected chi connectivity index (χ3v) is 3.76. The van der Waals surface area contributed by atoms with Gasteiger partial charge in [-0.1, -0.05) is 24.3 Å². The molecule has 0 aliphatic carbocycles. The molecule has 3 rings (SSSR count). The van der Waals surface area contributed by atoms with Crippen LogP contribution in [-0.4, -0.2) is 11.4 Å². The zero-order chi connectivity index (χ0) is 13.1. The predicted octanol–water partition coefficient (Wildman–Crippen LogP) is 2.69. The summed E-state index contributed by atoms with van der Waals surface area (Å²) in [5.74, 6) is 1.01. The van der Waals surface area contributed by atoms with E-state index in [1.807, 2.05) is 0 Å². The maximum atomic E-state index is 5.61. The summed E-state index contributed by atoms with van der Waals surface area (Å²) >= 11 is 0. The van der Waals surface area contributed by atoms with Crippen LogP contribution in [0.25, 0.3) is 0 Å². The van der Waals surface area contributed by atoms with Crippen LogP contribution in [0.15, 0.2) is 41.0 Å². The van der Waals surface area contributed by atoms with Crippen LogP contribution in [0.4, 0.5) is 0 Å². The Morgan fingerprint density at radius 2 is 2.05 bits per heavy atom. The van der Waals surface area contributed by atoms with Gasteiger partial charge >= 0.3 is 0 Å². The molecule has 0 fully saturated rings. The van der Waals surface area contributed by atoms with E-state index in [0.717, 1.165) is 31.0 Å². The van der Waals surface area contributed by atoms with Gasteiger partial charge in [-0.2, -0.15) is 0 Å². The predicted molar refractivity (Wildman–Crippen MR) is 75.5 cm³/mol. The molecule has 0 atom stereocenters. The van der Waals surface area contributed by atoms with E-state index < -0.39 is 0 Å². The number of benzene rings is 1. The number of rotatable bonds is 3. The van der Waals surface area contributed by atoms with Crippen molar-refractivity contribution in [2.75, 3.05) is 6.54 Å². The van der Waals surface area contributed by atoms with Gasteiger partial charge < -0.3 is 10.2 Å². The molecule has 3 heteroatoms. The summed E-state index contributed by atoms with van der Waals surface area (Å²) in [4.78, 5) is 2.45. The SMILES string of the molecule is NCc1coc(CN2CCCc3ccccc3C2)c1. The average Bonchev–Trinajstić information content (AvgIpc) is 2.78. The van der Waals surface area contributed by atoms with Gasteiger partial charge in [-0.05, 0) is 36.6 Å². The lowest BCUT2D eigenvalue weighted by atomic mass is 10.0. The van der Waals surface area contributed by atoms with E-state index in [1.165, 1.54) is 24.0 Å². The maximum absolute atomic E-state index is 5.61. The molecule has 1 aromatic heterocycles. The van der Waals surface area contributed by atoms with Crippen LogP contribution in [0.3, 0.4) is 0 Å². The van der Waals surface area contributed by atoms with E-state index >= 15 is 0 Å². The van der Waals surface area contributed by atoms with Gasteiger partial charge in [0.15, 0.2) is 0 Å². The second-order valence-corrected chi connectivity index (χ2v) is 5.21. The third-order valence-electron chi connectivity index (χ3n) is 3.76. The van der Waals surface area contributed by atoms with Gasteiger partial charge in [0.25, 0.3) is 0 Å². The molecule has 19 heavy (non-hydrogen) atoms. The zero-order valence-corrected chi connectivity index (χ0v) is 11.1. The average molecular weight is 256 g/mol. The minimum Gasteiger partial charge on any atom is -0.468 e. The molecule has 0 saturated heterocycles. The van der Waals surface area contributed by atoms with Crippen molar-refractivity contribution < 1.29 is 4.42 Å². The molecule has 1 aliphatic heterocycles. The first-order valence-corrected chi connectivity index (χ1v) is 6.90. The fourth-order valence-corrected chi connectivity index (χ4v) is 2.74. The molecule has 0 bridgehead atoms. The molecule has 3 nitrogen and oxygen atoms in total. The third kappa shape index (κ3) is 2.88. The Labute approximate surface area is 114 Å². The Balaban J connectivity index is 1.72. The van der Waals surface area contributed by atoms with Crippen molar-refractivity contribution in [3.63, 3.8) is 0 Å². The van der Waals surface area contributed by atoms with Gasteiger partial charge in [0.1, 0.15) is 5.76 Å². The van der Waals surface area contributed by atoms with Crippen LogP contribution < -0.4 is 5.73 Å². The van der Waals surface area contributed by atoms with Gasteiger partial charge in [-0.25, -0.2) is 0 Å². The summed E-state index contributed by atoms with van der Waals surface area (Å²) in [5, 5.41) is 0. The van der Waals surface area contributed by atoms with Crippen molar-refractivity contribution in [2.24, 2.45) is 5.73 Å². The quantitative estimate of drug-likeness (QED) is 0.918. The van der Waals surface area contributed by atoms with E-state index in [2.05, 4.69) is 35.2 Å². The summed E-state index contributed by atoms with van der Waals surface area (Å²) < 4.78 is 5.57. The first kappa shape index (κ1) is 12.5. The molecule has 0 radical (unpaired) electrons. The van der Waals surface area contributed by atoms with Crippen LogP contribution >= 0.6 is 0 Å². The van der Waals surface area contributed by atoms with Crippen molar-refractivity contribution in [3.8, 4) is 0 Å². The lowest BCUT2D eigenvalue weighted by Gasteiger charge is -2.18. The molecule has 100 valence electrons. The molecule has 0 saturated carbocycles. The van der Waals surface area contributed by atoms with E-state index in [9.17, 15) is 0 Å². The van der Waals surface area contributed by atoms with E-state index in [-0.39, 0.29) is 0 Å². The fourth-order valence-electron chi connectivity index (χ4n) is 2.74. The smallest absolute Gasteiger partial charge is 0.118 e. The minimum atomic E-state index is 0.548. The summed E-state index contributed by atoms with van der Waals surface area (Å²) in [6, 6.07) is 10.8. The minimum absolute atomic E-state index is 0.548. The number of hydrogen-bond acceptors (Lipinski definition) is 3. The zero-order valence-electron chi connectivity index (χ0n) is 11.1. The Kier molecular flexibility index (Phi) is 3.67. The monoisotopic (exact) mass is 256 g/mol. The highest BCUT2D eigenvalue weighted by molar-refractivity contribution is 5.28. The van der Waals surface area contributed by atoms with Gasteiger partial charge in [-0.15, -0.1) is 0 Å². The van der Waals surface area contributed by atoms with Crippen molar-refractivity contribution >= 4 is 0 Å². The van der Waals surface area contributed by atoms with Gasteiger partial charge in [0.2, 0.25) is 0 Å². The van der Waals surface area contributed by atoms with Gasteiger partial charge in [-0.3, -0.25) is 4.90 Å². The second-order valence-electron chi connectivity index (χ2n) is 5.21. The Morgan fingerprint density at radius 1 is 1.21 bits per heavy atom. The highest BCUT2D eigenvalue weighted by atomic mass is 16.3. The van der Waals surface area contributed by atoms with Crippen LogP contribution in [0, 0.1) is 0 Å². The van der Waals surface area contributed by atoms with Crippen molar-refractivity contribution in [1.29, 1.82) is 0 Å². The fraction of sp³-hybridized carbons (Fsp3) is 0.375. The Hall–Kier alpha value is -1.58. The van der Waals surface area contributed by atoms with Crippen LogP contribution in [0.5, 0.6) is 0 Å². The first-order chi connectivity index (χ1) is 9.35. The topological polar surface area (TPSA) is 42.4 Å². The summed E-state index contributed by atoms with van der Waals surface area (Å²) in [5.41, 5.74) is 9.63. The molecule has 2 aromatic rings. The Morgan fingerprint density at radius 3 is 2.84 bits per heavy atom. The summed E-state index contributed by atoms with van der Waals surface area (Å²) in [6.07, 6.45) is 4.15. The van der Waals surface area contributed by atoms with Gasteiger partial charge in [0, 0.05) is 18.7 Å². The molecule has 1 aromatic carbocycles. The van der Waals surface area contributed by atoms with Crippen LogP contribution in [0.1, 0.15) is 28.9 Å². The number of furan rings is 1. The molecule has 0 amide bonds. The molecule has 1 aliphatic rings. The normalized spacial score (nSPS) is 16.1. The van der Waals surface area contributed by atoms with Crippen molar-refractivity contribution in [3.05, 3.63) is 59.0 Å². The van der Waals surface area contributed by atoms with Crippen molar-refractivity contribution in [1.82, 2.24) is 4.90 Å². The Bertz CT molecular complexity index is 547. The number of fused-ring (bicyclic) bond motifs is 1. The van der Waals surface area contributed by atoms with E-state index in [1.54, 1.807) is 6.26 Å². The summed E-state index contributed by atoms with van der Waals surface area (Å²) in [6.45, 7) is 3.54.